The predicted molar refractivity (Wildman–Crippen MR) is 64.1 cm³/mol. The number of hydrogen-bond acceptors (Lipinski definition) is 3. The van der Waals surface area contributed by atoms with E-state index in [2.05, 4.69) is 10.3 Å². The standard InChI is InChI=1S/C9H11Cl3N2O/c1-2-5(4-15)13-9-7(11)3-6(10)8(12)14-9/h3,5,15H,2,4H2,1H3,(H,13,14). The van der Waals surface area contributed by atoms with Crippen molar-refractivity contribution in [1.82, 2.24) is 4.98 Å². The molecule has 15 heavy (non-hydrogen) atoms. The smallest absolute Gasteiger partial charge is 0.150 e. The molecule has 3 nitrogen and oxygen atoms in total. The van der Waals surface area contributed by atoms with Crippen molar-refractivity contribution >= 4 is 40.6 Å². The van der Waals surface area contributed by atoms with E-state index in [9.17, 15) is 0 Å². The van der Waals surface area contributed by atoms with E-state index in [1.54, 1.807) is 0 Å². The zero-order chi connectivity index (χ0) is 11.4. The first kappa shape index (κ1) is 12.8. The fraction of sp³-hybridized carbons (Fsp3) is 0.444. The van der Waals surface area contributed by atoms with Crippen LogP contribution < -0.4 is 5.32 Å². The fourth-order valence-electron chi connectivity index (χ4n) is 1.02. The van der Waals surface area contributed by atoms with Gasteiger partial charge < -0.3 is 10.4 Å². The summed E-state index contributed by atoms with van der Waals surface area (Å²) in [5.74, 6) is 0.437. The predicted octanol–water partition coefficient (Wildman–Crippen LogP) is 3.22. The Morgan fingerprint density at radius 3 is 2.60 bits per heavy atom. The molecule has 2 N–H and O–H groups in total. The van der Waals surface area contributed by atoms with E-state index in [-0.39, 0.29) is 17.8 Å². The molecule has 0 amide bonds. The minimum Gasteiger partial charge on any atom is -0.394 e. The lowest BCUT2D eigenvalue weighted by Crippen LogP contribution is -2.23. The van der Waals surface area contributed by atoms with Crippen molar-refractivity contribution in [2.24, 2.45) is 0 Å². The minimum absolute atomic E-state index is 0.00868. The van der Waals surface area contributed by atoms with Gasteiger partial charge in [-0.15, -0.1) is 0 Å². The van der Waals surface area contributed by atoms with E-state index >= 15 is 0 Å². The van der Waals surface area contributed by atoms with Crippen LogP contribution in [0.3, 0.4) is 0 Å². The summed E-state index contributed by atoms with van der Waals surface area (Å²) in [6.45, 7) is 1.95. The maximum absolute atomic E-state index is 9.01. The van der Waals surface area contributed by atoms with E-state index in [0.29, 0.717) is 15.9 Å². The zero-order valence-electron chi connectivity index (χ0n) is 8.10. The normalized spacial score (nSPS) is 12.6. The third kappa shape index (κ3) is 3.38. The van der Waals surface area contributed by atoms with Crippen molar-refractivity contribution in [1.29, 1.82) is 0 Å². The molecule has 1 heterocycles. The summed E-state index contributed by atoms with van der Waals surface area (Å²) in [6, 6.07) is 1.43. The Bertz CT molecular complexity index is 342. The van der Waals surface area contributed by atoms with Gasteiger partial charge in [-0.1, -0.05) is 41.7 Å². The summed E-state index contributed by atoms with van der Waals surface area (Å²) in [6.07, 6.45) is 0.759. The molecule has 0 spiro atoms. The highest BCUT2D eigenvalue weighted by molar-refractivity contribution is 6.42. The molecule has 1 aromatic heterocycles. The molecular formula is C9H11Cl3N2O. The number of anilines is 1. The maximum Gasteiger partial charge on any atom is 0.150 e. The molecule has 1 rings (SSSR count). The van der Waals surface area contributed by atoms with Crippen LogP contribution in [-0.2, 0) is 0 Å². The quantitative estimate of drug-likeness (QED) is 0.825. The first-order valence-corrected chi connectivity index (χ1v) is 5.60. The Morgan fingerprint density at radius 1 is 1.40 bits per heavy atom. The topological polar surface area (TPSA) is 45.1 Å². The molecule has 6 heteroatoms. The second kappa shape index (κ2) is 5.75. The maximum atomic E-state index is 9.01. The number of nitrogens with zero attached hydrogens (tertiary/aromatic N) is 1. The van der Waals surface area contributed by atoms with E-state index in [4.69, 9.17) is 39.9 Å². The molecule has 1 unspecified atom stereocenters. The highest BCUT2D eigenvalue weighted by Gasteiger charge is 2.11. The molecule has 0 aliphatic heterocycles. The average Bonchev–Trinajstić information content (AvgIpc) is 2.21. The molecule has 1 aromatic rings. The molecule has 0 saturated heterocycles. The molecule has 0 bridgehead atoms. The minimum atomic E-state index is -0.0905. The van der Waals surface area contributed by atoms with Crippen molar-refractivity contribution in [3.8, 4) is 0 Å². The Morgan fingerprint density at radius 2 is 2.07 bits per heavy atom. The molecule has 0 aliphatic rings. The Kier molecular flexibility index (Phi) is 4.93. The zero-order valence-corrected chi connectivity index (χ0v) is 10.4. The Balaban J connectivity index is 2.89. The lowest BCUT2D eigenvalue weighted by atomic mass is 10.2. The highest BCUT2D eigenvalue weighted by Crippen LogP contribution is 2.29. The lowest BCUT2D eigenvalue weighted by molar-refractivity contribution is 0.271. The molecule has 84 valence electrons. The van der Waals surface area contributed by atoms with Crippen molar-refractivity contribution in [2.75, 3.05) is 11.9 Å². The largest absolute Gasteiger partial charge is 0.394 e. The van der Waals surface area contributed by atoms with Crippen molar-refractivity contribution in [3.05, 3.63) is 21.3 Å². The average molecular weight is 270 g/mol. The van der Waals surface area contributed by atoms with Gasteiger partial charge in [-0.3, -0.25) is 0 Å². The van der Waals surface area contributed by atoms with Gasteiger partial charge in [0.2, 0.25) is 0 Å². The molecule has 0 aliphatic carbocycles. The van der Waals surface area contributed by atoms with Gasteiger partial charge in [0.25, 0.3) is 0 Å². The molecule has 0 saturated carbocycles. The summed E-state index contributed by atoms with van der Waals surface area (Å²) >= 11 is 17.4. The number of aliphatic hydroxyl groups is 1. The van der Waals surface area contributed by atoms with Crippen LogP contribution in [0.15, 0.2) is 6.07 Å². The van der Waals surface area contributed by atoms with E-state index in [1.165, 1.54) is 6.07 Å². The van der Waals surface area contributed by atoms with Gasteiger partial charge in [0.1, 0.15) is 11.0 Å². The Labute approximate surface area is 103 Å². The number of hydrogen-bond donors (Lipinski definition) is 2. The van der Waals surface area contributed by atoms with Crippen LogP contribution in [0.1, 0.15) is 13.3 Å². The first-order chi connectivity index (χ1) is 7.08. The van der Waals surface area contributed by atoms with Crippen LogP contribution >= 0.6 is 34.8 Å². The number of pyridine rings is 1. The van der Waals surface area contributed by atoms with Crippen LogP contribution in [0.5, 0.6) is 0 Å². The second-order valence-corrected chi connectivity index (χ2v) is 4.20. The van der Waals surface area contributed by atoms with Crippen LogP contribution in [0, 0.1) is 0 Å². The van der Waals surface area contributed by atoms with Gasteiger partial charge in [-0.2, -0.15) is 0 Å². The van der Waals surface area contributed by atoms with Crippen molar-refractivity contribution < 1.29 is 5.11 Å². The van der Waals surface area contributed by atoms with Crippen LogP contribution in [0.4, 0.5) is 5.82 Å². The fourth-order valence-corrected chi connectivity index (χ4v) is 1.57. The number of aliphatic hydroxyl groups excluding tert-OH is 1. The van der Waals surface area contributed by atoms with Crippen LogP contribution in [0.2, 0.25) is 15.2 Å². The molecular weight excluding hydrogens is 258 g/mol. The van der Waals surface area contributed by atoms with Gasteiger partial charge in [0, 0.05) is 0 Å². The summed E-state index contributed by atoms with van der Waals surface area (Å²) in [5, 5.41) is 12.9. The number of halogens is 3. The molecule has 0 aromatic carbocycles. The number of aromatic nitrogens is 1. The van der Waals surface area contributed by atoms with Crippen LogP contribution in [0.25, 0.3) is 0 Å². The first-order valence-electron chi connectivity index (χ1n) is 4.47. The Hall–Kier alpha value is -0.220. The third-order valence-corrected chi connectivity index (χ3v) is 2.90. The van der Waals surface area contributed by atoms with E-state index in [1.807, 2.05) is 6.92 Å². The van der Waals surface area contributed by atoms with Crippen molar-refractivity contribution in [2.45, 2.75) is 19.4 Å². The van der Waals surface area contributed by atoms with Crippen molar-refractivity contribution in [3.63, 3.8) is 0 Å². The summed E-state index contributed by atoms with van der Waals surface area (Å²) in [5.41, 5.74) is 0. The van der Waals surface area contributed by atoms with Gasteiger partial charge in [0.05, 0.1) is 22.7 Å². The van der Waals surface area contributed by atoms with Gasteiger partial charge in [-0.25, -0.2) is 4.98 Å². The lowest BCUT2D eigenvalue weighted by Gasteiger charge is -2.15. The van der Waals surface area contributed by atoms with Gasteiger partial charge in [0.15, 0.2) is 0 Å². The number of rotatable bonds is 4. The van der Waals surface area contributed by atoms with Gasteiger partial charge >= 0.3 is 0 Å². The van der Waals surface area contributed by atoms with E-state index in [0.717, 1.165) is 6.42 Å². The third-order valence-electron chi connectivity index (χ3n) is 1.94. The SMILES string of the molecule is CCC(CO)Nc1nc(Cl)c(Cl)cc1Cl. The number of nitrogens with one attached hydrogen (secondary N) is 1. The molecule has 0 radical (unpaired) electrons. The van der Waals surface area contributed by atoms with Crippen LogP contribution in [-0.4, -0.2) is 22.7 Å². The second-order valence-electron chi connectivity index (χ2n) is 3.02. The van der Waals surface area contributed by atoms with Gasteiger partial charge in [-0.05, 0) is 12.5 Å². The highest BCUT2D eigenvalue weighted by atomic mass is 35.5. The summed E-state index contributed by atoms with van der Waals surface area (Å²) in [4.78, 5) is 3.99. The van der Waals surface area contributed by atoms with E-state index < -0.39 is 0 Å². The summed E-state index contributed by atoms with van der Waals surface area (Å²) < 4.78 is 0. The monoisotopic (exact) mass is 268 g/mol. The summed E-state index contributed by atoms with van der Waals surface area (Å²) in [7, 11) is 0. The molecule has 0 fully saturated rings. The molecule has 1 atom stereocenters.